The molecule has 3 amide bonds. The summed E-state index contributed by atoms with van der Waals surface area (Å²) < 4.78 is 11.3. The highest BCUT2D eigenvalue weighted by Crippen LogP contribution is 2.29. The van der Waals surface area contributed by atoms with E-state index in [2.05, 4.69) is 27.9 Å². The molecule has 3 N–H and O–H groups in total. The second-order valence-electron chi connectivity index (χ2n) is 13.4. The molecule has 1 aliphatic carbocycles. The molecule has 1 fully saturated rings. The zero-order valence-corrected chi connectivity index (χ0v) is 28.2. The van der Waals surface area contributed by atoms with Gasteiger partial charge in [0.25, 0.3) is 0 Å². The minimum Gasteiger partial charge on any atom is -0.489 e. The maximum atomic E-state index is 13.6. The number of carbonyl (C=O) groups excluding carboxylic acids is 3. The van der Waals surface area contributed by atoms with Crippen LogP contribution in [0.4, 0.5) is 10.5 Å². The monoisotopic (exact) mass is 642 g/mol. The van der Waals surface area contributed by atoms with Crippen molar-refractivity contribution in [3.63, 3.8) is 0 Å². The summed E-state index contributed by atoms with van der Waals surface area (Å²) in [6, 6.07) is 18.6. The van der Waals surface area contributed by atoms with Crippen LogP contribution in [0.25, 0.3) is 0 Å². The van der Waals surface area contributed by atoms with E-state index in [1.165, 1.54) is 5.56 Å². The molecular formula is C38H50N4O5. The maximum Gasteiger partial charge on any atom is 0.407 e. The highest BCUT2D eigenvalue weighted by atomic mass is 16.6. The quantitative estimate of drug-likeness (QED) is 0.174. The lowest BCUT2D eigenvalue weighted by atomic mass is 9.81. The molecule has 9 heteroatoms. The van der Waals surface area contributed by atoms with Crippen LogP contribution in [0.5, 0.6) is 5.75 Å². The molecule has 0 spiro atoms. The molecule has 4 rings (SSSR count). The topological polar surface area (TPSA) is 119 Å². The van der Waals surface area contributed by atoms with Gasteiger partial charge in [-0.25, -0.2) is 4.79 Å². The molecule has 1 saturated carbocycles. The molecule has 1 heterocycles. The predicted molar refractivity (Wildman–Crippen MR) is 184 cm³/mol. The molecule has 1 atom stereocenters. The largest absolute Gasteiger partial charge is 0.489 e. The summed E-state index contributed by atoms with van der Waals surface area (Å²) >= 11 is 0. The normalized spacial score (nSPS) is 16.9. The van der Waals surface area contributed by atoms with E-state index in [1.54, 1.807) is 12.4 Å². The van der Waals surface area contributed by atoms with Gasteiger partial charge in [-0.05, 0) is 118 Å². The Bertz CT molecular complexity index is 1410. The summed E-state index contributed by atoms with van der Waals surface area (Å²) in [5.74, 6) is 0.440. The van der Waals surface area contributed by atoms with Crippen molar-refractivity contribution >= 4 is 23.6 Å². The van der Waals surface area contributed by atoms with Crippen molar-refractivity contribution in [3.05, 3.63) is 89.7 Å². The van der Waals surface area contributed by atoms with E-state index in [-0.39, 0.29) is 23.7 Å². The Morgan fingerprint density at radius 2 is 1.53 bits per heavy atom. The molecule has 1 aromatic heterocycles. The lowest BCUT2D eigenvalue weighted by Gasteiger charge is -2.29. The van der Waals surface area contributed by atoms with E-state index in [0.717, 1.165) is 49.0 Å². The van der Waals surface area contributed by atoms with Gasteiger partial charge in [0.1, 0.15) is 24.0 Å². The Labute approximate surface area is 279 Å². The van der Waals surface area contributed by atoms with Crippen LogP contribution in [0.15, 0.2) is 73.1 Å². The molecule has 3 aromatic rings. The number of anilines is 1. The predicted octanol–water partition coefficient (Wildman–Crippen LogP) is 7.00. The summed E-state index contributed by atoms with van der Waals surface area (Å²) in [6.07, 6.45) is 9.67. The average Bonchev–Trinajstić information content (AvgIpc) is 3.06. The van der Waals surface area contributed by atoms with E-state index in [0.29, 0.717) is 38.1 Å². The number of ether oxygens (including phenoxy) is 2. The Kier molecular flexibility index (Phi) is 13.2. The van der Waals surface area contributed by atoms with Crippen molar-refractivity contribution in [1.29, 1.82) is 0 Å². The second-order valence-corrected chi connectivity index (χ2v) is 13.4. The number of nitrogens with one attached hydrogen (secondary N) is 3. The number of carbonyl (C=O) groups is 3. The number of rotatable bonds is 14. The van der Waals surface area contributed by atoms with Gasteiger partial charge in [0, 0.05) is 37.0 Å². The third kappa shape index (κ3) is 12.4. The lowest BCUT2D eigenvalue weighted by Crippen LogP contribution is -2.48. The molecule has 0 aliphatic heterocycles. The molecule has 252 valence electrons. The number of aromatic nitrogens is 1. The van der Waals surface area contributed by atoms with Gasteiger partial charge in [-0.3, -0.25) is 14.6 Å². The van der Waals surface area contributed by atoms with E-state index in [4.69, 9.17) is 9.47 Å². The van der Waals surface area contributed by atoms with Crippen LogP contribution >= 0.6 is 0 Å². The minimum atomic E-state index is -0.752. The summed E-state index contributed by atoms with van der Waals surface area (Å²) in [6.45, 7) is 8.63. The van der Waals surface area contributed by atoms with E-state index >= 15 is 0 Å². The number of unbranched alkanes of at least 4 members (excludes halogenated alkanes) is 1. The number of hydrogen-bond acceptors (Lipinski definition) is 6. The van der Waals surface area contributed by atoms with Crippen molar-refractivity contribution in [2.24, 2.45) is 11.8 Å². The molecule has 0 unspecified atom stereocenters. The van der Waals surface area contributed by atoms with Crippen LogP contribution in [0.1, 0.15) is 82.9 Å². The van der Waals surface area contributed by atoms with Gasteiger partial charge >= 0.3 is 6.09 Å². The van der Waals surface area contributed by atoms with Crippen LogP contribution in [-0.4, -0.2) is 41.1 Å². The van der Waals surface area contributed by atoms with Crippen LogP contribution in [0.3, 0.4) is 0 Å². The fourth-order valence-corrected chi connectivity index (χ4v) is 5.64. The van der Waals surface area contributed by atoms with E-state index < -0.39 is 17.7 Å². The van der Waals surface area contributed by atoms with Gasteiger partial charge in [0.05, 0.1) is 0 Å². The molecule has 0 radical (unpaired) electrons. The van der Waals surface area contributed by atoms with Crippen molar-refractivity contribution in [1.82, 2.24) is 15.6 Å². The van der Waals surface area contributed by atoms with Crippen LogP contribution in [0, 0.1) is 11.8 Å². The first kappa shape index (κ1) is 35.5. The molecule has 2 aromatic carbocycles. The molecule has 1 aliphatic rings. The fraction of sp³-hybridized carbons (Fsp3) is 0.474. The van der Waals surface area contributed by atoms with E-state index in [1.807, 2.05) is 81.4 Å². The van der Waals surface area contributed by atoms with Gasteiger partial charge < -0.3 is 25.4 Å². The first-order chi connectivity index (χ1) is 22.6. The summed E-state index contributed by atoms with van der Waals surface area (Å²) in [5.41, 5.74) is 3.32. The summed E-state index contributed by atoms with van der Waals surface area (Å²) in [7, 11) is 0. The van der Waals surface area contributed by atoms with Crippen LogP contribution < -0.4 is 20.7 Å². The number of nitrogens with zero attached hydrogens (tertiary/aromatic N) is 1. The smallest absolute Gasteiger partial charge is 0.407 e. The van der Waals surface area contributed by atoms with Crippen molar-refractivity contribution < 1.29 is 23.9 Å². The zero-order chi connectivity index (χ0) is 33.6. The van der Waals surface area contributed by atoms with Gasteiger partial charge in [-0.2, -0.15) is 0 Å². The van der Waals surface area contributed by atoms with Crippen molar-refractivity contribution in [2.45, 2.75) is 97.3 Å². The third-order valence-corrected chi connectivity index (χ3v) is 8.34. The fourth-order valence-electron chi connectivity index (χ4n) is 5.64. The zero-order valence-electron chi connectivity index (χ0n) is 28.2. The van der Waals surface area contributed by atoms with Gasteiger partial charge in [0.2, 0.25) is 11.8 Å². The molecule has 0 saturated heterocycles. The van der Waals surface area contributed by atoms with Crippen molar-refractivity contribution in [2.75, 3.05) is 11.9 Å². The van der Waals surface area contributed by atoms with E-state index in [9.17, 15) is 14.4 Å². The number of hydrogen-bond donors (Lipinski definition) is 3. The van der Waals surface area contributed by atoms with Crippen LogP contribution in [0.2, 0.25) is 0 Å². The summed E-state index contributed by atoms with van der Waals surface area (Å²) in [4.78, 5) is 43.2. The number of benzene rings is 2. The molecular weight excluding hydrogens is 592 g/mol. The first-order valence-corrected chi connectivity index (χ1v) is 16.9. The third-order valence-electron chi connectivity index (χ3n) is 8.34. The Hall–Kier alpha value is -4.40. The average molecular weight is 643 g/mol. The van der Waals surface area contributed by atoms with Crippen LogP contribution in [-0.2, 0) is 33.8 Å². The van der Waals surface area contributed by atoms with Gasteiger partial charge in [-0.15, -0.1) is 0 Å². The highest BCUT2D eigenvalue weighted by molar-refractivity contribution is 5.97. The Morgan fingerprint density at radius 3 is 2.17 bits per heavy atom. The molecule has 0 bridgehead atoms. The number of amides is 3. The number of pyridine rings is 1. The lowest BCUT2D eigenvalue weighted by molar-refractivity contribution is -0.130. The molecule has 9 nitrogen and oxygen atoms in total. The first-order valence-electron chi connectivity index (χ1n) is 16.9. The number of alkyl carbamates (subject to hydrolysis) is 1. The minimum absolute atomic E-state index is 0.115. The summed E-state index contributed by atoms with van der Waals surface area (Å²) in [5, 5.41) is 8.95. The van der Waals surface area contributed by atoms with Crippen molar-refractivity contribution in [3.8, 4) is 5.75 Å². The SMILES string of the molecule is CCCCc1ccc(NC(=O)[C@H](Cc2ccc(OCc3ccncc3)cc2)NC(=O)C2CCC(CNC(=O)OC(C)(C)C)CC2)cc1. The number of aryl methyl sites for hydroxylation is 1. The van der Waals surface area contributed by atoms with Gasteiger partial charge in [-0.1, -0.05) is 37.6 Å². The highest BCUT2D eigenvalue weighted by Gasteiger charge is 2.30. The maximum absolute atomic E-state index is 13.6. The second kappa shape index (κ2) is 17.5. The molecule has 47 heavy (non-hydrogen) atoms. The van der Waals surface area contributed by atoms with Gasteiger partial charge in [0.15, 0.2) is 0 Å². The standard InChI is InChI=1S/C38H50N4O5/c1-5-6-7-27-10-16-32(17-11-27)41-36(44)34(24-28-12-18-33(19-13-28)46-26-30-20-22-39-23-21-30)42-35(43)31-14-8-29(9-15-31)25-40-37(45)47-38(2,3)4/h10-13,16-23,29,31,34H,5-9,14-15,24-26H2,1-4H3,(H,40,45)(H,41,44)(H,42,43)/t29?,31?,34-/m0/s1. The Balaban J connectivity index is 1.36. The Morgan fingerprint density at radius 1 is 0.872 bits per heavy atom.